The molecule has 2 fully saturated rings. The summed E-state index contributed by atoms with van der Waals surface area (Å²) in [6.45, 7) is 4.85. The van der Waals surface area contributed by atoms with Gasteiger partial charge in [0.1, 0.15) is 0 Å². The minimum atomic E-state index is 0. The smallest absolute Gasteiger partial charge is 0.459 e. The van der Waals surface area contributed by atoms with Gasteiger partial charge in [0.15, 0.2) is 0 Å². The van der Waals surface area contributed by atoms with E-state index in [1.54, 1.807) is 0 Å². The standard InChI is InChI=1S/C9H16N.CH3.W.Y/c1-8-6-9(8)4-3-5-10(2)7-9;;;/h8H,2-7H2,1H3;1H3;;/q2*-1;+2;/t8-,9-;;;/m0.../s1. The Labute approximate surface area is 123 Å². The third-order valence-corrected chi connectivity index (χ3v) is 3.29. The van der Waals surface area contributed by atoms with E-state index in [9.17, 15) is 0 Å². The number of likely N-dealkylation sites (tertiary alicyclic amines) is 1. The molecule has 2 aliphatic rings. The summed E-state index contributed by atoms with van der Waals surface area (Å²) < 4.78 is 0. The third kappa shape index (κ3) is 3.67. The molecule has 1 saturated heterocycles. The minimum absolute atomic E-state index is 0. The van der Waals surface area contributed by atoms with Crippen molar-refractivity contribution in [3.8, 4) is 0 Å². The Morgan fingerprint density at radius 1 is 1.46 bits per heavy atom. The van der Waals surface area contributed by atoms with E-state index in [0.29, 0.717) is 0 Å². The van der Waals surface area contributed by atoms with Gasteiger partial charge in [-0.2, -0.15) is 0 Å². The largest absolute Gasteiger partial charge is 2.00 e. The number of hydrogen-bond donors (Lipinski definition) is 0. The van der Waals surface area contributed by atoms with Crippen LogP contribution in [0.1, 0.15) is 26.2 Å². The van der Waals surface area contributed by atoms with Gasteiger partial charge in [-0.25, -0.2) is 0 Å². The summed E-state index contributed by atoms with van der Waals surface area (Å²) in [5, 5.41) is 0. The Morgan fingerprint density at radius 2 is 2.00 bits per heavy atom. The molecule has 73 valence electrons. The molecule has 0 unspecified atom stereocenters. The maximum Gasteiger partial charge on any atom is 2.00 e. The Hall–Kier alpha value is 1.75. The van der Waals surface area contributed by atoms with Gasteiger partial charge >= 0.3 is 21.1 Å². The molecule has 13 heavy (non-hydrogen) atoms. The van der Waals surface area contributed by atoms with Crippen molar-refractivity contribution in [1.82, 2.24) is 4.90 Å². The molecule has 1 spiro atoms. The Morgan fingerprint density at radius 3 is 2.31 bits per heavy atom. The van der Waals surface area contributed by atoms with Gasteiger partial charge in [0.05, 0.1) is 0 Å². The number of rotatable bonds is 0. The first kappa shape index (κ1) is 17.2. The summed E-state index contributed by atoms with van der Waals surface area (Å²) in [6, 6.07) is 0. The monoisotopic (exact) mass is 426 g/mol. The first-order valence-electron chi connectivity index (χ1n) is 4.28. The summed E-state index contributed by atoms with van der Waals surface area (Å²) >= 11 is 0. The Kier molecular flexibility index (Phi) is 8.39. The molecule has 0 bridgehead atoms. The first-order chi connectivity index (χ1) is 4.73. The van der Waals surface area contributed by atoms with Crippen molar-refractivity contribution in [2.45, 2.75) is 26.2 Å². The predicted octanol–water partition coefficient (Wildman–Crippen LogP) is 2.35. The second kappa shape index (κ2) is 6.36. The van der Waals surface area contributed by atoms with E-state index in [1.165, 1.54) is 32.4 Å². The molecule has 2 rings (SSSR count). The fourth-order valence-corrected chi connectivity index (χ4v) is 2.38. The van der Waals surface area contributed by atoms with Gasteiger partial charge in [-0.15, -0.1) is 0 Å². The number of piperidine rings is 1. The van der Waals surface area contributed by atoms with Crippen molar-refractivity contribution in [2.24, 2.45) is 11.3 Å². The molecule has 2 atom stereocenters. The summed E-state index contributed by atoms with van der Waals surface area (Å²) in [5.74, 6) is 0.983. The molecule has 0 amide bonds. The second-order valence-electron chi connectivity index (χ2n) is 4.12. The molecule has 1 heterocycles. The normalized spacial score (nSPS) is 36.9. The third-order valence-electron chi connectivity index (χ3n) is 3.29. The molecule has 1 saturated carbocycles. The van der Waals surface area contributed by atoms with Crippen LogP contribution in [0.5, 0.6) is 0 Å². The van der Waals surface area contributed by atoms with E-state index in [4.69, 9.17) is 0 Å². The van der Waals surface area contributed by atoms with E-state index in [2.05, 4.69) is 18.9 Å². The van der Waals surface area contributed by atoms with Crippen LogP contribution in [0.2, 0.25) is 0 Å². The van der Waals surface area contributed by atoms with Crippen molar-refractivity contribution in [1.29, 1.82) is 0 Å². The van der Waals surface area contributed by atoms with Gasteiger partial charge in [-0.1, -0.05) is 6.92 Å². The maximum absolute atomic E-state index is 4.00. The van der Waals surface area contributed by atoms with Crippen molar-refractivity contribution < 1.29 is 53.8 Å². The van der Waals surface area contributed by atoms with E-state index >= 15 is 0 Å². The van der Waals surface area contributed by atoms with Crippen LogP contribution in [0.3, 0.4) is 0 Å². The average Bonchev–Trinajstić information content (AvgIpc) is 2.41. The van der Waals surface area contributed by atoms with Crippen LogP contribution in [0.4, 0.5) is 0 Å². The predicted molar refractivity (Wildman–Crippen MR) is 48.8 cm³/mol. The molecule has 1 nitrogen and oxygen atoms in total. The van der Waals surface area contributed by atoms with Gasteiger partial charge in [-0.05, 0) is 43.7 Å². The summed E-state index contributed by atoms with van der Waals surface area (Å²) in [7, 11) is 4.00. The molecule has 1 aliphatic carbocycles. The SMILES string of the molecule is [CH2-]N1CCC[C@]2(C[C@@H]2C)C1.[CH3-].[W+2].[Y]. The van der Waals surface area contributed by atoms with Crippen LogP contribution in [0, 0.1) is 25.8 Å². The summed E-state index contributed by atoms with van der Waals surface area (Å²) in [5.41, 5.74) is 0.722. The fraction of sp³-hybridized carbons (Fsp3) is 0.800. The van der Waals surface area contributed by atoms with E-state index < -0.39 is 0 Å². The van der Waals surface area contributed by atoms with E-state index in [1.807, 2.05) is 0 Å². The summed E-state index contributed by atoms with van der Waals surface area (Å²) in [6.07, 6.45) is 4.28. The van der Waals surface area contributed by atoms with Crippen LogP contribution in [0.25, 0.3) is 0 Å². The minimum Gasteiger partial charge on any atom is -0.459 e. The van der Waals surface area contributed by atoms with Gasteiger partial charge in [0, 0.05) is 32.7 Å². The second-order valence-corrected chi connectivity index (χ2v) is 4.12. The number of hydrogen-bond acceptors (Lipinski definition) is 1. The fourth-order valence-electron chi connectivity index (χ4n) is 2.38. The van der Waals surface area contributed by atoms with Crippen molar-refractivity contribution in [3.05, 3.63) is 14.5 Å². The molecule has 3 heteroatoms. The zero-order valence-electron chi connectivity index (χ0n) is 8.75. The van der Waals surface area contributed by atoms with Crippen molar-refractivity contribution >= 4 is 0 Å². The van der Waals surface area contributed by atoms with Crippen LogP contribution in [-0.2, 0) is 53.8 Å². The molecule has 0 aromatic carbocycles. The quantitative estimate of drug-likeness (QED) is 0.538. The Balaban J connectivity index is 0. The van der Waals surface area contributed by atoms with Crippen molar-refractivity contribution in [2.75, 3.05) is 13.1 Å². The molecule has 1 radical (unpaired) electrons. The summed E-state index contributed by atoms with van der Waals surface area (Å²) in [4.78, 5) is 2.24. The zero-order chi connectivity index (χ0) is 7.19. The van der Waals surface area contributed by atoms with Gasteiger partial charge in [0.25, 0.3) is 0 Å². The number of nitrogens with zero attached hydrogens (tertiary/aromatic N) is 1. The molecule has 0 aromatic heterocycles. The van der Waals surface area contributed by atoms with E-state index in [-0.39, 0.29) is 61.2 Å². The van der Waals surface area contributed by atoms with Crippen LogP contribution in [-0.4, -0.2) is 18.0 Å². The molecular formula is C10H19NWY. The topological polar surface area (TPSA) is 3.24 Å². The molecular weight excluding hydrogens is 407 g/mol. The van der Waals surface area contributed by atoms with Crippen LogP contribution in [0.15, 0.2) is 0 Å². The average molecular weight is 426 g/mol. The molecule has 0 N–H and O–H groups in total. The zero-order valence-corrected chi connectivity index (χ0v) is 14.5. The molecule has 1 aliphatic heterocycles. The van der Waals surface area contributed by atoms with Gasteiger partial charge in [0.2, 0.25) is 0 Å². The van der Waals surface area contributed by atoms with Gasteiger partial charge in [-0.3, -0.25) is 7.05 Å². The van der Waals surface area contributed by atoms with Gasteiger partial charge < -0.3 is 12.3 Å². The first-order valence-corrected chi connectivity index (χ1v) is 4.28. The Bertz CT molecular complexity index is 154. The van der Waals surface area contributed by atoms with Crippen LogP contribution < -0.4 is 0 Å². The van der Waals surface area contributed by atoms with E-state index in [0.717, 1.165) is 11.3 Å². The van der Waals surface area contributed by atoms with Crippen LogP contribution >= 0.6 is 0 Å². The molecule has 0 aromatic rings. The van der Waals surface area contributed by atoms with Crippen molar-refractivity contribution in [3.63, 3.8) is 0 Å². The maximum atomic E-state index is 4.00.